The van der Waals surface area contributed by atoms with Crippen molar-refractivity contribution < 1.29 is 18.4 Å². The third kappa shape index (κ3) is 1.38. The van der Waals surface area contributed by atoms with Crippen molar-refractivity contribution in [3.05, 3.63) is 28.2 Å². The Hall–Kier alpha value is -0.330. The molecular formula is C6H3Cl2N2O4P. The Morgan fingerprint density at radius 3 is 2.53 bits per heavy atom. The number of hydrazine groups is 1. The van der Waals surface area contributed by atoms with Gasteiger partial charge in [-0.25, -0.2) is 4.57 Å². The van der Waals surface area contributed by atoms with Gasteiger partial charge >= 0.3 is 7.82 Å². The molecule has 6 nitrogen and oxygen atoms in total. The monoisotopic (exact) mass is 268 g/mol. The molecule has 0 amide bonds. The van der Waals surface area contributed by atoms with Gasteiger partial charge in [-0.05, 0) is 12.1 Å². The number of rotatable bonds is 1. The van der Waals surface area contributed by atoms with Crippen molar-refractivity contribution in [3.8, 4) is 0 Å². The second kappa shape index (κ2) is 3.09. The first-order valence-electron chi connectivity index (χ1n) is 3.82. The molecule has 0 unspecified atom stereocenters. The highest BCUT2D eigenvalue weighted by molar-refractivity contribution is 7.49. The lowest BCUT2D eigenvalue weighted by Gasteiger charge is -2.21. The normalized spacial score (nSPS) is 32.9. The van der Waals surface area contributed by atoms with Gasteiger partial charge in [0.25, 0.3) is 0 Å². The Bertz CT molecular complexity index is 474. The van der Waals surface area contributed by atoms with Crippen LogP contribution in [0.25, 0.3) is 0 Å². The van der Waals surface area contributed by atoms with Crippen LogP contribution >= 0.6 is 31.0 Å². The summed E-state index contributed by atoms with van der Waals surface area (Å²) in [5.74, 6) is 0. The van der Waals surface area contributed by atoms with Crippen LogP contribution in [0.15, 0.2) is 18.2 Å². The molecule has 3 aliphatic rings. The Labute approximate surface area is 94.3 Å². The number of hydrogen-bond acceptors (Lipinski definition) is 6. The first kappa shape index (κ1) is 9.86. The second-order valence-electron chi connectivity index (χ2n) is 2.78. The molecule has 9 heteroatoms. The van der Waals surface area contributed by atoms with Gasteiger partial charge in [0.15, 0.2) is 0 Å². The van der Waals surface area contributed by atoms with Gasteiger partial charge in [-0.1, -0.05) is 29.3 Å². The van der Waals surface area contributed by atoms with E-state index in [1.54, 1.807) is 18.2 Å². The van der Waals surface area contributed by atoms with Crippen molar-refractivity contribution in [1.82, 2.24) is 5.34 Å². The van der Waals surface area contributed by atoms with Gasteiger partial charge in [-0.2, -0.15) is 0 Å². The van der Waals surface area contributed by atoms with E-state index in [-0.39, 0.29) is 5.02 Å². The molecule has 0 radical (unpaired) electrons. The van der Waals surface area contributed by atoms with Crippen molar-refractivity contribution in [2.75, 3.05) is 5.17 Å². The summed E-state index contributed by atoms with van der Waals surface area (Å²) in [4.78, 5) is 0. The van der Waals surface area contributed by atoms with Crippen LogP contribution in [0.2, 0.25) is 10.0 Å². The van der Waals surface area contributed by atoms with Crippen LogP contribution in [0.3, 0.4) is 0 Å². The van der Waals surface area contributed by atoms with Crippen molar-refractivity contribution in [2.24, 2.45) is 0 Å². The number of hydrogen-bond donors (Lipinski definition) is 0. The van der Waals surface area contributed by atoms with E-state index in [1.807, 2.05) is 0 Å². The summed E-state index contributed by atoms with van der Waals surface area (Å²) in [5.41, 5.74) is 0.388. The average Bonchev–Trinajstić information content (AvgIpc) is 2.63. The van der Waals surface area contributed by atoms with Gasteiger partial charge in [0.2, 0.25) is 0 Å². The molecule has 0 saturated carbocycles. The molecule has 0 aliphatic carbocycles. The van der Waals surface area contributed by atoms with Crippen LogP contribution < -0.4 is 5.17 Å². The SMILES string of the molecule is O=P12ON(O1)N(c1cccc(Cl)c1Cl)O2. The number of halogens is 2. The van der Waals surface area contributed by atoms with Crippen LogP contribution in [0, 0.1) is 0 Å². The third-order valence-electron chi connectivity index (χ3n) is 1.80. The molecule has 0 N–H and O–H groups in total. The molecular weight excluding hydrogens is 266 g/mol. The molecule has 3 aliphatic heterocycles. The van der Waals surface area contributed by atoms with Crippen molar-refractivity contribution in [2.45, 2.75) is 0 Å². The Kier molecular flexibility index (Phi) is 2.03. The van der Waals surface area contributed by atoms with Crippen LogP contribution in [0.4, 0.5) is 5.69 Å². The summed E-state index contributed by atoms with van der Waals surface area (Å²) in [6.07, 6.45) is 0. The van der Waals surface area contributed by atoms with E-state index in [4.69, 9.17) is 27.8 Å². The zero-order chi connectivity index (χ0) is 10.6. The van der Waals surface area contributed by atoms with Crippen LogP contribution in [-0.2, 0) is 18.4 Å². The number of anilines is 1. The summed E-state index contributed by atoms with van der Waals surface area (Å²) in [6, 6.07) is 4.90. The fourth-order valence-electron chi connectivity index (χ4n) is 1.17. The Balaban J connectivity index is 2.01. The Morgan fingerprint density at radius 2 is 1.93 bits per heavy atom. The molecule has 3 saturated heterocycles. The highest BCUT2D eigenvalue weighted by Crippen LogP contribution is 2.67. The molecule has 3 fully saturated rings. The zero-order valence-electron chi connectivity index (χ0n) is 6.96. The fraction of sp³-hybridized carbons (Fsp3) is 0. The summed E-state index contributed by atoms with van der Waals surface area (Å²) in [6.45, 7) is 0. The molecule has 0 atom stereocenters. The number of phosphoric acid groups is 1. The van der Waals surface area contributed by atoms with E-state index < -0.39 is 7.82 Å². The highest BCUT2D eigenvalue weighted by Gasteiger charge is 2.60. The minimum absolute atomic E-state index is 0.256. The molecule has 1 aromatic rings. The summed E-state index contributed by atoms with van der Waals surface area (Å²) in [7, 11) is -3.41. The summed E-state index contributed by atoms with van der Waals surface area (Å²) in [5, 5.41) is 2.47. The molecule has 15 heavy (non-hydrogen) atoms. The summed E-state index contributed by atoms with van der Waals surface area (Å²) < 4.78 is 25.4. The lowest BCUT2D eigenvalue weighted by atomic mass is 10.3. The van der Waals surface area contributed by atoms with E-state index in [0.717, 1.165) is 10.5 Å². The minimum atomic E-state index is -3.41. The van der Waals surface area contributed by atoms with Crippen LogP contribution in [0.5, 0.6) is 0 Å². The van der Waals surface area contributed by atoms with Crippen LogP contribution in [-0.4, -0.2) is 5.34 Å². The number of nitrogens with zero attached hydrogens (tertiary/aromatic N) is 2. The smallest absolute Gasteiger partial charge is 0.222 e. The first-order valence-corrected chi connectivity index (χ1v) is 6.04. The summed E-state index contributed by atoms with van der Waals surface area (Å²) >= 11 is 11.7. The first-order chi connectivity index (χ1) is 7.09. The van der Waals surface area contributed by atoms with E-state index in [9.17, 15) is 4.57 Å². The van der Waals surface area contributed by atoms with E-state index in [1.165, 1.54) is 0 Å². The zero-order valence-corrected chi connectivity index (χ0v) is 9.37. The van der Waals surface area contributed by atoms with E-state index >= 15 is 0 Å². The maximum Gasteiger partial charge on any atom is 0.538 e. The quantitative estimate of drug-likeness (QED) is 0.730. The minimum Gasteiger partial charge on any atom is -0.222 e. The standard InChI is InChI=1S/C6H3Cl2N2O4P/c7-4-2-1-3-5(6(4)8)9-10-13-15(11,12-9)14-10/h1-3H. The third-order valence-corrected chi connectivity index (χ3v) is 3.65. The fourth-order valence-corrected chi connectivity index (χ4v) is 2.42. The molecule has 0 spiro atoms. The van der Waals surface area contributed by atoms with E-state index in [0.29, 0.717) is 10.7 Å². The lowest BCUT2D eigenvalue weighted by molar-refractivity contribution is -0.318. The number of benzene rings is 1. The van der Waals surface area contributed by atoms with Crippen molar-refractivity contribution in [1.29, 1.82) is 0 Å². The van der Waals surface area contributed by atoms with Gasteiger partial charge in [0.1, 0.15) is 5.69 Å². The van der Waals surface area contributed by atoms with Gasteiger partial charge in [0, 0.05) is 0 Å². The van der Waals surface area contributed by atoms with Crippen molar-refractivity contribution in [3.63, 3.8) is 0 Å². The number of fused-ring (bicyclic) bond motifs is 1. The highest BCUT2D eigenvalue weighted by atomic mass is 35.5. The topological polar surface area (TPSA) is 51.2 Å². The average molecular weight is 269 g/mol. The largest absolute Gasteiger partial charge is 0.538 e. The lowest BCUT2D eigenvalue weighted by Crippen LogP contribution is -2.34. The molecule has 2 bridgehead atoms. The maximum atomic E-state index is 11.2. The van der Waals surface area contributed by atoms with Gasteiger partial charge in [-0.3, -0.25) is 0 Å². The predicted octanol–water partition coefficient (Wildman–Crippen LogP) is 2.95. The molecule has 3 heterocycles. The van der Waals surface area contributed by atoms with Crippen molar-refractivity contribution >= 4 is 36.7 Å². The van der Waals surface area contributed by atoms with Gasteiger partial charge in [0.05, 0.1) is 15.4 Å². The van der Waals surface area contributed by atoms with E-state index in [2.05, 4.69) is 9.25 Å². The second-order valence-corrected chi connectivity index (χ2v) is 4.95. The Morgan fingerprint density at radius 1 is 1.20 bits per heavy atom. The molecule has 80 valence electrons. The van der Waals surface area contributed by atoms with Gasteiger partial charge in [-0.15, -0.1) is 19.0 Å². The molecule has 1 aromatic carbocycles. The molecule has 0 aromatic heterocycles. The molecule has 4 rings (SSSR count). The predicted molar refractivity (Wildman–Crippen MR) is 51.6 cm³/mol. The van der Waals surface area contributed by atoms with Gasteiger partial charge < -0.3 is 0 Å². The maximum absolute atomic E-state index is 11.2. The van der Waals surface area contributed by atoms with Crippen LogP contribution in [0.1, 0.15) is 0 Å².